The van der Waals surface area contributed by atoms with Gasteiger partial charge in [-0.15, -0.1) is 0 Å². The summed E-state index contributed by atoms with van der Waals surface area (Å²) in [5.74, 6) is 0.490. The Morgan fingerprint density at radius 2 is 1.41 bits per heavy atom. The van der Waals surface area contributed by atoms with Crippen molar-refractivity contribution in [2.24, 2.45) is 0 Å². The third kappa shape index (κ3) is 6.72. The second-order valence-corrected chi connectivity index (χ2v) is 9.47. The average molecular weight is 589 g/mol. The zero-order chi connectivity index (χ0) is 30.9. The van der Waals surface area contributed by atoms with Gasteiger partial charge in [0, 0.05) is 11.1 Å². The van der Waals surface area contributed by atoms with Crippen molar-refractivity contribution < 1.29 is 33.0 Å². The number of para-hydroxylation sites is 1. The fourth-order valence-electron chi connectivity index (χ4n) is 4.47. The SMILES string of the molecule is COc1ccc(-c2oc(NC(=O)COC(=O)c3ccccc3OCc3ccccc3)c(C#N)c2-c2ccc(OC)cc2)cc1. The molecule has 9 nitrogen and oxygen atoms in total. The van der Waals surface area contributed by atoms with E-state index >= 15 is 0 Å². The number of carbonyl (C=O) groups excluding carboxylic acids is 2. The highest BCUT2D eigenvalue weighted by Gasteiger charge is 2.25. The molecule has 1 heterocycles. The maximum absolute atomic E-state index is 13.0. The van der Waals surface area contributed by atoms with Gasteiger partial charge >= 0.3 is 5.97 Å². The standard InChI is InChI=1S/C35H28N2O7/c1-40-26-16-12-24(13-17-26)32-29(20-36)34(44-33(32)25-14-18-27(41-2)19-15-25)37-31(38)22-43-35(39)28-10-6-7-11-30(28)42-21-23-8-4-3-5-9-23/h3-19H,21-22H2,1-2H3,(H,37,38). The van der Waals surface area contributed by atoms with Gasteiger partial charge in [-0.2, -0.15) is 5.26 Å². The van der Waals surface area contributed by atoms with Crippen LogP contribution in [0.25, 0.3) is 22.5 Å². The molecule has 0 radical (unpaired) electrons. The Bertz CT molecular complexity index is 1790. The van der Waals surface area contributed by atoms with Crippen LogP contribution >= 0.6 is 0 Å². The summed E-state index contributed by atoms with van der Waals surface area (Å²) in [6.45, 7) is -0.360. The van der Waals surface area contributed by atoms with E-state index in [9.17, 15) is 14.9 Å². The average Bonchev–Trinajstić information content (AvgIpc) is 3.44. The van der Waals surface area contributed by atoms with Crippen LogP contribution in [0.1, 0.15) is 21.5 Å². The maximum Gasteiger partial charge on any atom is 0.342 e. The number of furan rings is 1. The number of methoxy groups -OCH3 is 2. The van der Waals surface area contributed by atoms with Gasteiger partial charge in [0.25, 0.3) is 5.91 Å². The number of carbonyl (C=O) groups is 2. The summed E-state index contributed by atoms with van der Waals surface area (Å²) in [5, 5.41) is 12.7. The summed E-state index contributed by atoms with van der Waals surface area (Å²) in [6.07, 6.45) is 0. The molecule has 0 saturated heterocycles. The Labute approximate surface area is 254 Å². The van der Waals surface area contributed by atoms with Crippen molar-refractivity contribution in [3.63, 3.8) is 0 Å². The number of ether oxygens (including phenoxy) is 4. The highest BCUT2D eigenvalue weighted by atomic mass is 16.5. The first-order chi connectivity index (χ1) is 21.5. The number of nitrogens with one attached hydrogen (secondary N) is 1. The first-order valence-corrected chi connectivity index (χ1v) is 13.6. The second kappa shape index (κ2) is 13.8. The summed E-state index contributed by atoms with van der Waals surface area (Å²) in [7, 11) is 3.13. The molecular formula is C35H28N2O7. The normalized spacial score (nSPS) is 10.4. The molecule has 1 N–H and O–H groups in total. The number of esters is 1. The molecule has 0 atom stereocenters. The third-order valence-corrected chi connectivity index (χ3v) is 6.68. The van der Waals surface area contributed by atoms with Crippen LogP contribution in [0.2, 0.25) is 0 Å². The van der Waals surface area contributed by atoms with Crippen LogP contribution in [0.15, 0.2) is 108 Å². The van der Waals surface area contributed by atoms with Gasteiger partial charge in [-0.05, 0) is 59.7 Å². The van der Waals surface area contributed by atoms with Gasteiger partial charge in [-0.25, -0.2) is 4.79 Å². The van der Waals surface area contributed by atoms with Crippen molar-refractivity contribution in [2.75, 3.05) is 26.1 Å². The number of rotatable bonds is 11. The van der Waals surface area contributed by atoms with E-state index in [0.717, 1.165) is 5.56 Å². The predicted octanol–water partition coefficient (Wildman–Crippen LogP) is 6.88. The van der Waals surface area contributed by atoms with Gasteiger partial charge in [-0.3, -0.25) is 10.1 Å². The van der Waals surface area contributed by atoms with Gasteiger partial charge in [0.1, 0.15) is 46.8 Å². The smallest absolute Gasteiger partial charge is 0.342 e. The molecule has 1 aromatic heterocycles. The first kappa shape index (κ1) is 29.5. The van der Waals surface area contributed by atoms with Crippen molar-refractivity contribution in [2.45, 2.75) is 6.61 Å². The van der Waals surface area contributed by atoms with Crippen molar-refractivity contribution in [3.8, 4) is 45.8 Å². The van der Waals surface area contributed by atoms with Gasteiger partial charge in [-0.1, -0.05) is 54.6 Å². The zero-order valence-corrected chi connectivity index (χ0v) is 24.0. The minimum atomic E-state index is -0.735. The minimum absolute atomic E-state index is 0.0724. The predicted molar refractivity (Wildman–Crippen MR) is 164 cm³/mol. The molecule has 0 spiro atoms. The molecule has 0 aliphatic heterocycles. The number of nitriles is 1. The molecule has 0 unspecified atom stereocenters. The lowest BCUT2D eigenvalue weighted by atomic mass is 9.98. The molecule has 0 aliphatic rings. The molecule has 9 heteroatoms. The molecule has 1 amide bonds. The molecule has 0 aliphatic carbocycles. The molecule has 0 bridgehead atoms. The largest absolute Gasteiger partial charge is 0.497 e. The van der Waals surface area contributed by atoms with Gasteiger partial charge in [0.2, 0.25) is 5.88 Å². The second-order valence-electron chi connectivity index (χ2n) is 9.47. The molecule has 5 aromatic rings. The Kier molecular flexibility index (Phi) is 9.23. The Morgan fingerprint density at radius 1 is 0.795 bits per heavy atom. The monoisotopic (exact) mass is 588 g/mol. The Hall–Kier alpha value is -6.01. The van der Waals surface area contributed by atoms with E-state index in [1.807, 2.05) is 30.3 Å². The van der Waals surface area contributed by atoms with Crippen molar-refractivity contribution in [3.05, 3.63) is 120 Å². The molecule has 0 fully saturated rings. The number of benzene rings is 4. The molecule has 220 valence electrons. The lowest BCUT2D eigenvalue weighted by molar-refractivity contribution is -0.119. The fraction of sp³-hybridized carbons (Fsp3) is 0.114. The summed E-state index contributed by atoms with van der Waals surface area (Å²) < 4.78 is 27.8. The number of nitrogens with zero attached hydrogens (tertiary/aromatic N) is 1. The van der Waals surface area contributed by atoms with E-state index in [1.54, 1.807) is 87.0 Å². The highest BCUT2D eigenvalue weighted by Crippen LogP contribution is 2.42. The van der Waals surface area contributed by atoms with Crippen LogP contribution in [0.5, 0.6) is 17.2 Å². The van der Waals surface area contributed by atoms with Crippen LogP contribution < -0.4 is 19.5 Å². The molecule has 5 rings (SSSR count). The van der Waals surface area contributed by atoms with E-state index < -0.39 is 18.5 Å². The van der Waals surface area contributed by atoms with E-state index in [1.165, 1.54) is 0 Å². The van der Waals surface area contributed by atoms with E-state index in [4.69, 9.17) is 23.4 Å². The van der Waals surface area contributed by atoms with Gasteiger partial charge in [0.05, 0.1) is 14.2 Å². The Balaban J connectivity index is 1.35. The molecule has 4 aromatic carbocycles. The van der Waals surface area contributed by atoms with E-state index in [-0.39, 0.29) is 23.6 Å². The van der Waals surface area contributed by atoms with Crippen molar-refractivity contribution >= 4 is 17.8 Å². The zero-order valence-electron chi connectivity index (χ0n) is 24.0. The third-order valence-electron chi connectivity index (χ3n) is 6.68. The first-order valence-electron chi connectivity index (χ1n) is 13.6. The molecule has 44 heavy (non-hydrogen) atoms. The lowest BCUT2D eigenvalue weighted by Gasteiger charge is -2.11. The number of anilines is 1. The van der Waals surface area contributed by atoms with Crippen LogP contribution in [0, 0.1) is 11.3 Å². The summed E-state index contributed by atoms with van der Waals surface area (Å²) in [6, 6.07) is 32.5. The van der Waals surface area contributed by atoms with E-state index in [0.29, 0.717) is 39.7 Å². The van der Waals surface area contributed by atoms with Gasteiger partial charge < -0.3 is 23.4 Å². The van der Waals surface area contributed by atoms with Crippen molar-refractivity contribution in [1.82, 2.24) is 0 Å². The summed E-state index contributed by atoms with van der Waals surface area (Å²) in [5.41, 5.74) is 3.04. The highest BCUT2D eigenvalue weighted by molar-refractivity contribution is 5.98. The van der Waals surface area contributed by atoms with Crippen LogP contribution in [0.4, 0.5) is 5.88 Å². The van der Waals surface area contributed by atoms with Crippen LogP contribution in [0.3, 0.4) is 0 Å². The number of hydrogen-bond acceptors (Lipinski definition) is 8. The summed E-state index contributed by atoms with van der Waals surface area (Å²) in [4.78, 5) is 25.9. The quantitative estimate of drug-likeness (QED) is 0.166. The summed E-state index contributed by atoms with van der Waals surface area (Å²) >= 11 is 0. The fourth-order valence-corrected chi connectivity index (χ4v) is 4.47. The molecule has 0 saturated carbocycles. The minimum Gasteiger partial charge on any atom is -0.497 e. The van der Waals surface area contributed by atoms with Crippen LogP contribution in [-0.4, -0.2) is 32.7 Å². The number of hydrogen-bond donors (Lipinski definition) is 1. The maximum atomic E-state index is 13.0. The Morgan fingerprint density at radius 3 is 2.05 bits per heavy atom. The van der Waals surface area contributed by atoms with E-state index in [2.05, 4.69) is 11.4 Å². The van der Waals surface area contributed by atoms with Crippen LogP contribution in [-0.2, 0) is 16.1 Å². The topological polar surface area (TPSA) is 120 Å². The lowest BCUT2D eigenvalue weighted by Crippen LogP contribution is -2.21. The van der Waals surface area contributed by atoms with Gasteiger partial charge in [0.15, 0.2) is 6.61 Å². The van der Waals surface area contributed by atoms with Crippen molar-refractivity contribution in [1.29, 1.82) is 5.26 Å². The number of amides is 1. The molecular weight excluding hydrogens is 560 g/mol.